The lowest BCUT2D eigenvalue weighted by Gasteiger charge is -2.12. The predicted octanol–water partition coefficient (Wildman–Crippen LogP) is 3.36. The smallest absolute Gasteiger partial charge is 0.168 e. The number of hydrogen-bond donors (Lipinski definition) is 1. The molecule has 0 aliphatic heterocycles. The zero-order valence-electron chi connectivity index (χ0n) is 10.9. The average molecular weight is 275 g/mol. The highest BCUT2D eigenvalue weighted by Crippen LogP contribution is 2.44. The molecule has 1 saturated carbocycles. The number of benzene rings is 2. The van der Waals surface area contributed by atoms with Crippen LogP contribution in [0.25, 0.3) is 0 Å². The molecule has 0 amide bonds. The molecule has 3 rings (SSSR count). The summed E-state index contributed by atoms with van der Waals surface area (Å²) in [5.41, 5.74) is 7.24. The lowest BCUT2D eigenvalue weighted by Crippen LogP contribution is -2.05. The van der Waals surface area contributed by atoms with Gasteiger partial charge in [0.15, 0.2) is 11.6 Å². The minimum atomic E-state index is -0.671. The molecule has 0 saturated heterocycles. The molecule has 0 bridgehead atoms. The van der Waals surface area contributed by atoms with Gasteiger partial charge >= 0.3 is 0 Å². The molecule has 1 fully saturated rings. The van der Waals surface area contributed by atoms with Crippen LogP contribution in [0.15, 0.2) is 42.5 Å². The molecular formula is C16H15F2NO. The van der Waals surface area contributed by atoms with E-state index in [2.05, 4.69) is 0 Å². The monoisotopic (exact) mass is 275 g/mol. The van der Waals surface area contributed by atoms with E-state index in [4.69, 9.17) is 10.5 Å². The summed E-state index contributed by atoms with van der Waals surface area (Å²) in [5, 5.41) is 0. The summed E-state index contributed by atoms with van der Waals surface area (Å²) in [6.07, 6.45) is 0.741. The normalized spacial score (nSPS) is 20.8. The van der Waals surface area contributed by atoms with Gasteiger partial charge in [-0.3, -0.25) is 0 Å². The SMILES string of the molecule is N[C@@H]1C[C@@H]1c1cc(F)cc(F)c1OCc1ccccc1. The van der Waals surface area contributed by atoms with Crippen molar-refractivity contribution in [3.05, 3.63) is 65.2 Å². The van der Waals surface area contributed by atoms with Gasteiger partial charge in [-0.15, -0.1) is 0 Å². The van der Waals surface area contributed by atoms with Crippen LogP contribution in [0.4, 0.5) is 8.78 Å². The maximum atomic E-state index is 13.9. The Morgan fingerprint density at radius 3 is 2.50 bits per heavy atom. The van der Waals surface area contributed by atoms with Crippen LogP contribution in [-0.4, -0.2) is 6.04 Å². The summed E-state index contributed by atoms with van der Waals surface area (Å²) in [6.45, 7) is 0.248. The van der Waals surface area contributed by atoms with Crippen molar-refractivity contribution in [3.8, 4) is 5.75 Å². The molecule has 0 heterocycles. The maximum absolute atomic E-state index is 13.9. The van der Waals surface area contributed by atoms with Gasteiger partial charge in [0, 0.05) is 23.6 Å². The molecule has 4 heteroatoms. The second kappa shape index (κ2) is 5.21. The summed E-state index contributed by atoms with van der Waals surface area (Å²) < 4.78 is 32.8. The van der Waals surface area contributed by atoms with E-state index in [1.165, 1.54) is 6.07 Å². The summed E-state index contributed by atoms with van der Waals surface area (Å²) in [4.78, 5) is 0. The topological polar surface area (TPSA) is 35.2 Å². The third-order valence-electron chi connectivity index (χ3n) is 3.50. The minimum absolute atomic E-state index is 0.00836. The summed E-state index contributed by atoms with van der Waals surface area (Å²) in [7, 11) is 0. The maximum Gasteiger partial charge on any atom is 0.168 e. The van der Waals surface area contributed by atoms with Gasteiger partial charge in [-0.1, -0.05) is 30.3 Å². The van der Waals surface area contributed by atoms with Crippen LogP contribution >= 0.6 is 0 Å². The first-order valence-electron chi connectivity index (χ1n) is 6.56. The first-order chi connectivity index (χ1) is 9.65. The van der Waals surface area contributed by atoms with Crippen LogP contribution in [0.1, 0.15) is 23.5 Å². The second-order valence-corrected chi connectivity index (χ2v) is 5.09. The predicted molar refractivity (Wildman–Crippen MR) is 72.5 cm³/mol. The van der Waals surface area contributed by atoms with Gasteiger partial charge in [0.05, 0.1) is 0 Å². The molecule has 1 aliphatic rings. The van der Waals surface area contributed by atoms with Gasteiger partial charge in [-0.25, -0.2) is 8.78 Å². The number of ether oxygens (including phenoxy) is 1. The van der Waals surface area contributed by atoms with Gasteiger partial charge in [-0.05, 0) is 18.1 Å². The van der Waals surface area contributed by atoms with Crippen LogP contribution in [0, 0.1) is 11.6 Å². The molecule has 104 valence electrons. The van der Waals surface area contributed by atoms with Crippen molar-refractivity contribution < 1.29 is 13.5 Å². The zero-order chi connectivity index (χ0) is 14.1. The highest BCUT2D eigenvalue weighted by molar-refractivity contribution is 5.42. The van der Waals surface area contributed by atoms with Crippen LogP contribution < -0.4 is 10.5 Å². The molecule has 2 aromatic carbocycles. The highest BCUT2D eigenvalue weighted by atomic mass is 19.1. The van der Waals surface area contributed by atoms with Crippen molar-refractivity contribution in [2.45, 2.75) is 25.0 Å². The molecule has 20 heavy (non-hydrogen) atoms. The third kappa shape index (κ3) is 2.65. The Bertz CT molecular complexity index is 615. The fourth-order valence-corrected chi connectivity index (χ4v) is 2.31. The van der Waals surface area contributed by atoms with E-state index in [0.717, 1.165) is 18.1 Å². The highest BCUT2D eigenvalue weighted by Gasteiger charge is 2.38. The molecule has 0 unspecified atom stereocenters. The molecule has 2 atom stereocenters. The average Bonchev–Trinajstić information content (AvgIpc) is 3.15. The Balaban J connectivity index is 1.85. The van der Waals surface area contributed by atoms with Crippen molar-refractivity contribution >= 4 is 0 Å². The van der Waals surface area contributed by atoms with Crippen molar-refractivity contribution in [2.75, 3.05) is 0 Å². The van der Waals surface area contributed by atoms with Crippen LogP contribution in [0.5, 0.6) is 5.75 Å². The van der Waals surface area contributed by atoms with Gasteiger partial charge in [-0.2, -0.15) is 0 Å². The summed E-state index contributed by atoms with van der Waals surface area (Å²) >= 11 is 0. The molecule has 0 spiro atoms. The van der Waals surface area contributed by atoms with Crippen molar-refractivity contribution in [1.82, 2.24) is 0 Å². The lowest BCUT2D eigenvalue weighted by molar-refractivity contribution is 0.285. The molecule has 0 radical (unpaired) electrons. The fraction of sp³-hybridized carbons (Fsp3) is 0.250. The van der Waals surface area contributed by atoms with Crippen molar-refractivity contribution in [3.63, 3.8) is 0 Å². The molecule has 2 aromatic rings. The first-order valence-corrected chi connectivity index (χ1v) is 6.56. The van der Waals surface area contributed by atoms with E-state index in [9.17, 15) is 8.78 Å². The van der Waals surface area contributed by atoms with Crippen molar-refractivity contribution in [1.29, 1.82) is 0 Å². The van der Waals surface area contributed by atoms with E-state index < -0.39 is 11.6 Å². The second-order valence-electron chi connectivity index (χ2n) is 5.09. The van der Waals surface area contributed by atoms with Crippen LogP contribution in [-0.2, 0) is 6.61 Å². The van der Waals surface area contributed by atoms with E-state index in [0.29, 0.717) is 5.56 Å². The third-order valence-corrected chi connectivity index (χ3v) is 3.50. The minimum Gasteiger partial charge on any atom is -0.486 e. The Kier molecular flexibility index (Phi) is 3.40. The van der Waals surface area contributed by atoms with E-state index in [1.807, 2.05) is 30.3 Å². The molecule has 0 aromatic heterocycles. The van der Waals surface area contributed by atoms with Gasteiger partial charge < -0.3 is 10.5 Å². The van der Waals surface area contributed by atoms with Gasteiger partial charge in [0.25, 0.3) is 0 Å². The van der Waals surface area contributed by atoms with Crippen LogP contribution in [0.2, 0.25) is 0 Å². The first kappa shape index (κ1) is 13.1. The molecule has 1 aliphatic carbocycles. The fourth-order valence-electron chi connectivity index (χ4n) is 2.31. The van der Waals surface area contributed by atoms with Crippen molar-refractivity contribution in [2.24, 2.45) is 5.73 Å². The standard InChI is InChI=1S/C16H15F2NO/c17-11-6-13(12-8-15(12)19)16(14(18)7-11)20-9-10-4-2-1-3-5-10/h1-7,12,15H,8-9,19H2/t12-,15-/m1/s1. The lowest BCUT2D eigenvalue weighted by atomic mass is 10.1. The summed E-state index contributed by atoms with van der Waals surface area (Å²) in [6, 6.07) is 11.6. The largest absolute Gasteiger partial charge is 0.486 e. The Morgan fingerprint density at radius 1 is 1.15 bits per heavy atom. The molecule has 2 N–H and O–H groups in total. The van der Waals surface area contributed by atoms with Gasteiger partial charge in [0.1, 0.15) is 12.4 Å². The molecular weight excluding hydrogens is 260 g/mol. The zero-order valence-corrected chi connectivity index (χ0v) is 10.9. The Hall–Kier alpha value is -1.94. The van der Waals surface area contributed by atoms with Gasteiger partial charge in [0.2, 0.25) is 0 Å². The van der Waals surface area contributed by atoms with E-state index in [1.54, 1.807) is 0 Å². The quantitative estimate of drug-likeness (QED) is 0.928. The Labute approximate surface area is 116 Å². The number of halogens is 2. The van der Waals surface area contributed by atoms with E-state index in [-0.39, 0.29) is 24.3 Å². The number of nitrogens with two attached hydrogens (primary N) is 1. The van der Waals surface area contributed by atoms with Crippen LogP contribution in [0.3, 0.4) is 0 Å². The molecule has 2 nitrogen and oxygen atoms in total. The van der Waals surface area contributed by atoms with E-state index >= 15 is 0 Å². The number of rotatable bonds is 4. The summed E-state index contributed by atoms with van der Waals surface area (Å²) in [5.74, 6) is -1.15. The number of hydrogen-bond acceptors (Lipinski definition) is 2. The Morgan fingerprint density at radius 2 is 1.85 bits per heavy atom.